The van der Waals surface area contributed by atoms with Gasteiger partial charge < -0.3 is 15.1 Å². The van der Waals surface area contributed by atoms with E-state index in [9.17, 15) is 18.0 Å². The molecule has 0 aliphatic carbocycles. The quantitative estimate of drug-likeness (QED) is 0.730. The molecule has 1 fully saturated rings. The number of hydrogen-bond donors (Lipinski definition) is 1. The number of carbonyl (C=O) groups is 2. The lowest BCUT2D eigenvalue weighted by molar-refractivity contribution is -0.131. The van der Waals surface area contributed by atoms with Crippen LogP contribution in [0.2, 0.25) is 5.02 Å². The molecule has 0 unspecified atom stereocenters. The van der Waals surface area contributed by atoms with Crippen LogP contribution in [0.15, 0.2) is 53.4 Å². The highest BCUT2D eigenvalue weighted by molar-refractivity contribution is 7.90. The van der Waals surface area contributed by atoms with Gasteiger partial charge in [0, 0.05) is 56.7 Å². The van der Waals surface area contributed by atoms with Crippen molar-refractivity contribution in [2.24, 2.45) is 0 Å². The maximum atomic E-state index is 12.4. The van der Waals surface area contributed by atoms with E-state index >= 15 is 0 Å². The zero-order valence-corrected chi connectivity index (χ0v) is 18.2. The summed E-state index contributed by atoms with van der Waals surface area (Å²) in [5.41, 5.74) is 1.33. The molecule has 1 heterocycles. The molecule has 0 spiro atoms. The molecule has 0 radical (unpaired) electrons. The minimum absolute atomic E-state index is 0.0176. The van der Waals surface area contributed by atoms with Crippen LogP contribution in [-0.4, -0.2) is 64.1 Å². The summed E-state index contributed by atoms with van der Waals surface area (Å²) in [4.78, 5) is 28.7. The van der Waals surface area contributed by atoms with E-state index in [2.05, 4.69) is 22.3 Å². The third-order valence-electron chi connectivity index (χ3n) is 4.97. The van der Waals surface area contributed by atoms with E-state index in [1.54, 1.807) is 4.90 Å². The van der Waals surface area contributed by atoms with Crippen molar-refractivity contribution in [1.82, 2.24) is 10.2 Å². The van der Waals surface area contributed by atoms with Crippen LogP contribution in [0, 0.1) is 0 Å². The van der Waals surface area contributed by atoms with Crippen molar-refractivity contribution in [2.45, 2.75) is 11.3 Å². The molecule has 3 rings (SSSR count). The highest BCUT2D eigenvalue weighted by Crippen LogP contribution is 2.22. The number of halogens is 1. The smallest absolute Gasteiger partial charge is 0.251 e. The van der Waals surface area contributed by atoms with Gasteiger partial charge in [-0.25, -0.2) is 8.42 Å². The molecule has 1 saturated heterocycles. The third-order valence-corrected chi connectivity index (χ3v) is 6.55. The lowest BCUT2D eigenvalue weighted by Crippen LogP contribution is -2.49. The van der Waals surface area contributed by atoms with Crippen LogP contribution >= 0.6 is 11.6 Å². The van der Waals surface area contributed by atoms with Crippen molar-refractivity contribution in [2.75, 3.05) is 43.9 Å². The molecule has 30 heavy (non-hydrogen) atoms. The molecule has 1 aliphatic rings. The monoisotopic (exact) mass is 449 g/mol. The zero-order valence-electron chi connectivity index (χ0n) is 16.7. The minimum Gasteiger partial charge on any atom is -0.368 e. The Morgan fingerprint density at radius 2 is 1.70 bits per heavy atom. The number of amides is 2. The molecule has 1 aliphatic heterocycles. The summed E-state index contributed by atoms with van der Waals surface area (Å²) in [6.07, 6.45) is 1.22. The molecule has 1 N–H and O–H groups in total. The first-order valence-electron chi connectivity index (χ1n) is 9.61. The zero-order chi connectivity index (χ0) is 21.7. The Morgan fingerprint density at radius 3 is 2.33 bits per heavy atom. The summed E-state index contributed by atoms with van der Waals surface area (Å²) < 4.78 is 23.5. The van der Waals surface area contributed by atoms with E-state index < -0.39 is 15.7 Å². The lowest BCUT2D eigenvalue weighted by atomic mass is 10.2. The van der Waals surface area contributed by atoms with Crippen molar-refractivity contribution in [3.63, 3.8) is 0 Å². The highest BCUT2D eigenvalue weighted by atomic mass is 35.5. The molecule has 0 saturated carbocycles. The van der Waals surface area contributed by atoms with E-state index in [1.165, 1.54) is 18.2 Å². The van der Waals surface area contributed by atoms with Gasteiger partial charge in [-0.1, -0.05) is 29.8 Å². The van der Waals surface area contributed by atoms with Gasteiger partial charge in [0.05, 0.1) is 9.92 Å². The van der Waals surface area contributed by atoms with Crippen LogP contribution in [0.4, 0.5) is 5.69 Å². The lowest BCUT2D eigenvalue weighted by Gasteiger charge is -2.36. The Balaban J connectivity index is 1.48. The van der Waals surface area contributed by atoms with Crippen LogP contribution in [0.5, 0.6) is 0 Å². The van der Waals surface area contributed by atoms with E-state index in [0.29, 0.717) is 13.1 Å². The molecule has 0 aromatic heterocycles. The third kappa shape index (κ3) is 5.52. The number of para-hydroxylation sites is 1. The second-order valence-electron chi connectivity index (χ2n) is 7.13. The van der Waals surface area contributed by atoms with Crippen LogP contribution in [0.25, 0.3) is 0 Å². The molecular weight excluding hydrogens is 426 g/mol. The minimum atomic E-state index is -3.54. The Morgan fingerprint density at radius 1 is 1.03 bits per heavy atom. The Hall–Kier alpha value is -2.58. The number of sulfone groups is 1. The second-order valence-corrected chi connectivity index (χ2v) is 9.52. The predicted octanol–water partition coefficient (Wildman–Crippen LogP) is 2.21. The second kappa shape index (κ2) is 9.49. The van der Waals surface area contributed by atoms with E-state index in [-0.39, 0.29) is 34.4 Å². The maximum Gasteiger partial charge on any atom is 0.251 e. The fourth-order valence-corrected chi connectivity index (χ4v) is 4.63. The standard InChI is InChI=1S/C21H24ClN3O4S/c1-30(28,29)19-15-16(7-8-18(19)22)21(27)23-10-9-20(26)25-13-11-24(12-14-25)17-5-3-2-4-6-17/h2-8,15H,9-14H2,1H3,(H,23,27). The molecule has 0 bridgehead atoms. The normalized spacial score (nSPS) is 14.5. The highest BCUT2D eigenvalue weighted by Gasteiger charge is 2.21. The van der Waals surface area contributed by atoms with Gasteiger partial charge in [-0.05, 0) is 30.3 Å². The predicted molar refractivity (Wildman–Crippen MR) is 117 cm³/mol. The molecule has 7 nitrogen and oxygen atoms in total. The summed E-state index contributed by atoms with van der Waals surface area (Å²) in [6, 6.07) is 14.2. The van der Waals surface area contributed by atoms with Gasteiger partial charge in [-0.2, -0.15) is 0 Å². The molecule has 0 atom stereocenters. The Labute approximate surface area is 181 Å². The van der Waals surface area contributed by atoms with Crippen LogP contribution < -0.4 is 10.2 Å². The van der Waals surface area contributed by atoms with Crippen molar-refractivity contribution in [3.8, 4) is 0 Å². The Bertz CT molecular complexity index is 1020. The summed E-state index contributed by atoms with van der Waals surface area (Å²) >= 11 is 5.90. The fraction of sp³-hybridized carbons (Fsp3) is 0.333. The Kier molecular flexibility index (Phi) is 6.99. The van der Waals surface area contributed by atoms with Gasteiger partial charge in [0.2, 0.25) is 5.91 Å². The fourth-order valence-electron chi connectivity index (χ4n) is 3.32. The summed E-state index contributed by atoms with van der Waals surface area (Å²) in [5, 5.41) is 2.74. The van der Waals surface area contributed by atoms with Crippen molar-refractivity contribution >= 4 is 38.9 Å². The first kappa shape index (κ1) is 22.1. The number of carbonyl (C=O) groups excluding carboxylic acids is 2. The number of nitrogens with zero attached hydrogens (tertiary/aromatic N) is 2. The number of anilines is 1. The summed E-state index contributed by atoms with van der Waals surface area (Å²) in [5.74, 6) is -0.464. The average Bonchev–Trinajstić information content (AvgIpc) is 2.74. The average molecular weight is 450 g/mol. The van der Waals surface area contributed by atoms with Crippen molar-refractivity contribution < 1.29 is 18.0 Å². The first-order valence-corrected chi connectivity index (χ1v) is 11.9. The van der Waals surface area contributed by atoms with E-state index in [4.69, 9.17) is 11.6 Å². The number of piperazine rings is 1. The van der Waals surface area contributed by atoms with Gasteiger partial charge in [-0.15, -0.1) is 0 Å². The first-order chi connectivity index (χ1) is 14.3. The molecule has 9 heteroatoms. The van der Waals surface area contributed by atoms with Crippen LogP contribution in [0.3, 0.4) is 0 Å². The molecule has 2 amide bonds. The number of rotatable bonds is 6. The van der Waals surface area contributed by atoms with Gasteiger partial charge >= 0.3 is 0 Å². The largest absolute Gasteiger partial charge is 0.368 e. The number of hydrogen-bond acceptors (Lipinski definition) is 5. The van der Waals surface area contributed by atoms with Gasteiger partial charge in [0.15, 0.2) is 9.84 Å². The van der Waals surface area contributed by atoms with Gasteiger partial charge in [0.1, 0.15) is 0 Å². The molecule has 160 valence electrons. The number of nitrogens with one attached hydrogen (secondary N) is 1. The summed E-state index contributed by atoms with van der Waals surface area (Å²) in [6.45, 7) is 2.98. The maximum absolute atomic E-state index is 12.4. The number of benzene rings is 2. The van der Waals surface area contributed by atoms with Gasteiger partial charge in [0.25, 0.3) is 5.91 Å². The molecule has 2 aromatic rings. The summed E-state index contributed by atoms with van der Waals surface area (Å²) in [7, 11) is -3.54. The van der Waals surface area contributed by atoms with E-state index in [0.717, 1.165) is 25.0 Å². The van der Waals surface area contributed by atoms with Crippen LogP contribution in [0.1, 0.15) is 16.8 Å². The molecular formula is C21H24ClN3O4S. The topological polar surface area (TPSA) is 86.8 Å². The van der Waals surface area contributed by atoms with Crippen molar-refractivity contribution in [1.29, 1.82) is 0 Å². The SMILES string of the molecule is CS(=O)(=O)c1cc(C(=O)NCCC(=O)N2CCN(c3ccccc3)CC2)ccc1Cl. The van der Waals surface area contributed by atoms with Crippen LogP contribution in [-0.2, 0) is 14.6 Å². The van der Waals surface area contributed by atoms with E-state index in [1.807, 2.05) is 18.2 Å². The molecule has 2 aromatic carbocycles. The van der Waals surface area contributed by atoms with Crippen molar-refractivity contribution in [3.05, 3.63) is 59.1 Å². The van der Waals surface area contributed by atoms with Gasteiger partial charge in [-0.3, -0.25) is 9.59 Å².